The zero-order chi connectivity index (χ0) is 15.7. The standard InChI is InChI=1S/C14H14N2O6/c1-20-8-5-10(14(18)19)16(7-8)13(17)9-6-12(22-15-9)11-3-2-4-21-11/h2-4,6,8,10H,5,7H2,1H3,(H,18,19). The minimum absolute atomic E-state index is 0.0365. The molecule has 1 aliphatic rings. The van der Waals surface area contributed by atoms with Crippen LogP contribution in [-0.2, 0) is 9.53 Å². The van der Waals surface area contributed by atoms with Gasteiger partial charge in [-0.15, -0.1) is 0 Å². The van der Waals surface area contributed by atoms with Gasteiger partial charge in [0.05, 0.1) is 12.4 Å². The number of carboxylic acids is 1. The lowest BCUT2D eigenvalue weighted by atomic mass is 10.2. The van der Waals surface area contributed by atoms with Crippen molar-refractivity contribution in [2.75, 3.05) is 13.7 Å². The molecule has 1 N–H and O–H groups in total. The molecule has 2 atom stereocenters. The van der Waals surface area contributed by atoms with E-state index in [1.165, 1.54) is 24.3 Å². The van der Waals surface area contributed by atoms with Gasteiger partial charge < -0.3 is 23.7 Å². The van der Waals surface area contributed by atoms with E-state index in [9.17, 15) is 14.7 Å². The first-order valence-electron chi connectivity index (χ1n) is 6.67. The predicted octanol–water partition coefficient (Wildman–Crippen LogP) is 1.25. The molecule has 116 valence electrons. The van der Waals surface area contributed by atoms with E-state index >= 15 is 0 Å². The fourth-order valence-corrected chi connectivity index (χ4v) is 2.48. The zero-order valence-electron chi connectivity index (χ0n) is 11.8. The molecule has 1 fully saturated rings. The van der Waals surface area contributed by atoms with E-state index in [4.69, 9.17) is 13.7 Å². The smallest absolute Gasteiger partial charge is 0.326 e. The molecule has 3 heterocycles. The molecule has 0 bridgehead atoms. The molecule has 2 aromatic rings. The lowest BCUT2D eigenvalue weighted by Gasteiger charge is -2.19. The lowest BCUT2D eigenvalue weighted by molar-refractivity contribution is -0.141. The second-order valence-electron chi connectivity index (χ2n) is 4.96. The summed E-state index contributed by atoms with van der Waals surface area (Å²) in [5.41, 5.74) is 0.0365. The number of aromatic nitrogens is 1. The third kappa shape index (κ3) is 2.48. The molecule has 0 aromatic carbocycles. The van der Waals surface area contributed by atoms with Crippen molar-refractivity contribution in [2.24, 2.45) is 0 Å². The highest BCUT2D eigenvalue weighted by molar-refractivity contribution is 5.96. The predicted molar refractivity (Wildman–Crippen MR) is 72.1 cm³/mol. The van der Waals surface area contributed by atoms with E-state index in [1.807, 2.05) is 0 Å². The molecule has 0 spiro atoms. The Morgan fingerprint density at radius 1 is 1.45 bits per heavy atom. The van der Waals surface area contributed by atoms with Crippen molar-refractivity contribution in [3.05, 3.63) is 30.2 Å². The first-order chi connectivity index (χ1) is 10.6. The lowest BCUT2D eigenvalue weighted by Crippen LogP contribution is -2.40. The Bertz CT molecular complexity index is 677. The maximum atomic E-state index is 12.5. The minimum atomic E-state index is -1.07. The molecule has 3 rings (SSSR count). The number of aliphatic carboxylic acids is 1. The number of nitrogens with zero attached hydrogens (tertiary/aromatic N) is 2. The molecule has 1 aliphatic heterocycles. The summed E-state index contributed by atoms with van der Waals surface area (Å²) in [6.07, 6.45) is 1.42. The van der Waals surface area contributed by atoms with E-state index < -0.39 is 17.9 Å². The molecular weight excluding hydrogens is 292 g/mol. The van der Waals surface area contributed by atoms with Crippen molar-refractivity contribution in [2.45, 2.75) is 18.6 Å². The quantitative estimate of drug-likeness (QED) is 0.905. The molecule has 1 amide bonds. The van der Waals surface area contributed by atoms with Gasteiger partial charge in [0.2, 0.25) is 5.76 Å². The Balaban J connectivity index is 1.82. The van der Waals surface area contributed by atoms with Crippen molar-refractivity contribution in [3.63, 3.8) is 0 Å². The fraction of sp³-hybridized carbons (Fsp3) is 0.357. The van der Waals surface area contributed by atoms with Crippen molar-refractivity contribution in [1.29, 1.82) is 0 Å². The molecule has 8 heteroatoms. The Kier molecular flexibility index (Phi) is 3.68. The molecule has 8 nitrogen and oxygen atoms in total. The molecular formula is C14H14N2O6. The fourth-order valence-electron chi connectivity index (χ4n) is 2.48. The first-order valence-corrected chi connectivity index (χ1v) is 6.67. The van der Waals surface area contributed by atoms with Crippen LogP contribution in [0.4, 0.5) is 0 Å². The SMILES string of the molecule is COC1CC(C(=O)O)N(C(=O)c2cc(-c3ccco3)on2)C1. The van der Waals surface area contributed by atoms with Crippen molar-refractivity contribution in [1.82, 2.24) is 10.1 Å². The van der Waals surface area contributed by atoms with Gasteiger partial charge in [-0.25, -0.2) is 4.79 Å². The van der Waals surface area contributed by atoms with Crippen molar-refractivity contribution >= 4 is 11.9 Å². The highest BCUT2D eigenvalue weighted by atomic mass is 16.5. The van der Waals surface area contributed by atoms with Crippen LogP contribution in [0.5, 0.6) is 0 Å². The molecule has 1 saturated heterocycles. The Hall–Kier alpha value is -2.61. The summed E-state index contributed by atoms with van der Waals surface area (Å²) in [4.78, 5) is 25.0. The van der Waals surface area contributed by atoms with Gasteiger partial charge in [0, 0.05) is 26.1 Å². The van der Waals surface area contributed by atoms with E-state index in [0.29, 0.717) is 11.5 Å². The summed E-state index contributed by atoms with van der Waals surface area (Å²) in [7, 11) is 1.49. The number of likely N-dealkylation sites (tertiary alicyclic amines) is 1. The topological polar surface area (TPSA) is 106 Å². The van der Waals surface area contributed by atoms with Crippen LogP contribution in [0, 0.1) is 0 Å². The number of hydrogen-bond acceptors (Lipinski definition) is 6. The average molecular weight is 306 g/mol. The summed E-state index contributed by atoms with van der Waals surface area (Å²) in [5, 5.41) is 12.9. The molecule has 22 heavy (non-hydrogen) atoms. The average Bonchev–Trinajstić information content (AvgIpc) is 3.23. The van der Waals surface area contributed by atoms with Gasteiger partial charge in [0.25, 0.3) is 5.91 Å². The summed E-state index contributed by atoms with van der Waals surface area (Å²) < 4.78 is 15.4. The molecule has 2 aromatic heterocycles. The van der Waals surface area contributed by atoms with Crippen LogP contribution in [0.3, 0.4) is 0 Å². The maximum Gasteiger partial charge on any atom is 0.326 e. The monoisotopic (exact) mass is 306 g/mol. The van der Waals surface area contributed by atoms with Crippen LogP contribution in [0.25, 0.3) is 11.5 Å². The second kappa shape index (κ2) is 5.64. The third-order valence-electron chi connectivity index (χ3n) is 3.64. The highest BCUT2D eigenvalue weighted by Gasteiger charge is 2.41. The number of rotatable bonds is 4. The van der Waals surface area contributed by atoms with E-state index in [0.717, 1.165) is 0 Å². The van der Waals surface area contributed by atoms with Crippen LogP contribution in [0.2, 0.25) is 0 Å². The van der Waals surface area contributed by atoms with Crippen molar-refractivity contribution in [3.8, 4) is 11.5 Å². The Labute approximate surface area is 125 Å². The molecule has 0 radical (unpaired) electrons. The summed E-state index contributed by atoms with van der Waals surface area (Å²) >= 11 is 0. The number of amides is 1. The van der Waals surface area contributed by atoms with Gasteiger partial charge in [-0.2, -0.15) is 0 Å². The van der Waals surface area contributed by atoms with Gasteiger partial charge >= 0.3 is 5.97 Å². The van der Waals surface area contributed by atoms with E-state index in [2.05, 4.69) is 5.16 Å². The van der Waals surface area contributed by atoms with E-state index in [1.54, 1.807) is 12.1 Å². The number of hydrogen-bond donors (Lipinski definition) is 1. The van der Waals surface area contributed by atoms with Gasteiger partial charge in [-0.1, -0.05) is 5.16 Å². The van der Waals surface area contributed by atoms with Crippen LogP contribution in [0.1, 0.15) is 16.9 Å². The summed E-state index contributed by atoms with van der Waals surface area (Å²) in [5.74, 6) is -0.823. The zero-order valence-corrected chi connectivity index (χ0v) is 11.8. The Morgan fingerprint density at radius 3 is 2.91 bits per heavy atom. The highest BCUT2D eigenvalue weighted by Crippen LogP contribution is 2.25. The largest absolute Gasteiger partial charge is 0.480 e. The number of carbonyl (C=O) groups is 2. The molecule has 0 saturated carbocycles. The van der Waals surface area contributed by atoms with Crippen LogP contribution < -0.4 is 0 Å². The number of carbonyl (C=O) groups excluding carboxylic acids is 1. The van der Waals surface area contributed by atoms with Gasteiger partial charge in [-0.05, 0) is 12.1 Å². The van der Waals surface area contributed by atoms with Crippen molar-refractivity contribution < 1.29 is 28.4 Å². The summed E-state index contributed by atoms with van der Waals surface area (Å²) in [6, 6.07) is 3.86. The summed E-state index contributed by atoms with van der Waals surface area (Å²) in [6.45, 7) is 0.204. The van der Waals surface area contributed by atoms with Crippen LogP contribution >= 0.6 is 0 Å². The van der Waals surface area contributed by atoms with Gasteiger partial charge in [0.1, 0.15) is 6.04 Å². The van der Waals surface area contributed by atoms with Crippen LogP contribution in [0.15, 0.2) is 33.4 Å². The normalized spacial score (nSPS) is 21.2. The maximum absolute atomic E-state index is 12.5. The number of methoxy groups -OCH3 is 1. The Morgan fingerprint density at radius 2 is 2.27 bits per heavy atom. The number of ether oxygens (including phenoxy) is 1. The number of carboxylic acid groups (broad SMARTS) is 1. The van der Waals surface area contributed by atoms with E-state index in [-0.39, 0.29) is 24.8 Å². The van der Waals surface area contributed by atoms with Crippen LogP contribution in [-0.4, -0.2) is 52.8 Å². The molecule has 0 aliphatic carbocycles. The van der Waals surface area contributed by atoms with Gasteiger partial charge in [0.15, 0.2) is 11.5 Å². The first kappa shape index (κ1) is 14.3. The molecule has 2 unspecified atom stereocenters. The van der Waals surface area contributed by atoms with Gasteiger partial charge in [-0.3, -0.25) is 4.79 Å². The second-order valence-corrected chi connectivity index (χ2v) is 4.96. The number of furan rings is 1. The third-order valence-corrected chi connectivity index (χ3v) is 3.64. The minimum Gasteiger partial charge on any atom is -0.480 e.